The molecule has 1 aliphatic heterocycles. The molecule has 1 fully saturated rings. The number of hydrazine groups is 1. The van der Waals surface area contributed by atoms with Crippen molar-refractivity contribution in [2.45, 2.75) is 13.3 Å². The highest BCUT2D eigenvalue weighted by molar-refractivity contribution is 6.30. The molecule has 0 aliphatic carbocycles. The molecule has 2 aromatic carbocycles. The lowest BCUT2D eigenvalue weighted by Gasteiger charge is -2.16. The number of halogens is 1. The molecule has 0 spiro atoms. The Morgan fingerprint density at radius 1 is 1.21 bits per heavy atom. The number of anilines is 2. The van der Waals surface area contributed by atoms with Gasteiger partial charge in [-0.2, -0.15) is 0 Å². The third kappa shape index (κ3) is 3.75. The first kappa shape index (κ1) is 16.5. The first-order valence-corrected chi connectivity index (χ1v) is 8.10. The van der Waals surface area contributed by atoms with Crippen LogP contribution in [-0.4, -0.2) is 18.4 Å². The van der Waals surface area contributed by atoms with Gasteiger partial charge >= 0.3 is 0 Å². The second-order valence-corrected chi connectivity index (χ2v) is 6.26. The molecule has 0 radical (unpaired) electrons. The third-order valence-corrected chi connectivity index (χ3v) is 4.17. The summed E-state index contributed by atoms with van der Waals surface area (Å²) in [5.41, 5.74) is 5.60. The van der Waals surface area contributed by atoms with Crippen molar-refractivity contribution in [1.29, 1.82) is 0 Å². The number of hydrogen-bond donors (Lipinski definition) is 2. The van der Waals surface area contributed by atoms with E-state index in [4.69, 9.17) is 11.6 Å². The Hall–Kier alpha value is -2.37. The van der Waals surface area contributed by atoms with Crippen molar-refractivity contribution in [1.82, 2.24) is 5.43 Å². The molecule has 6 heteroatoms. The van der Waals surface area contributed by atoms with E-state index in [0.717, 1.165) is 11.3 Å². The zero-order chi connectivity index (χ0) is 17.1. The number of rotatable bonds is 4. The number of carbonyl (C=O) groups is 2. The number of carbonyl (C=O) groups excluding carboxylic acids is 2. The van der Waals surface area contributed by atoms with E-state index >= 15 is 0 Å². The average molecular weight is 344 g/mol. The molecule has 2 aromatic rings. The van der Waals surface area contributed by atoms with Gasteiger partial charge in [-0.25, -0.2) is 10.4 Å². The van der Waals surface area contributed by atoms with Crippen molar-refractivity contribution < 1.29 is 9.59 Å². The van der Waals surface area contributed by atoms with Crippen molar-refractivity contribution in [2.24, 2.45) is 5.92 Å². The summed E-state index contributed by atoms with van der Waals surface area (Å²) in [7, 11) is 0. The zero-order valence-electron chi connectivity index (χ0n) is 13.3. The molecule has 0 saturated carbocycles. The second kappa shape index (κ2) is 7.03. The van der Waals surface area contributed by atoms with Crippen molar-refractivity contribution in [3.8, 4) is 0 Å². The molecule has 1 atom stereocenters. The highest BCUT2D eigenvalue weighted by atomic mass is 35.5. The fraction of sp³-hybridized carbons (Fsp3) is 0.222. The maximum absolute atomic E-state index is 12.5. The Kier molecular flexibility index (Phi) is 4.83. The molecule has 124 valence electrons. The second-order valence-electron chi connectivity index (χ2n) is 5.83. The molecule has 3 rings (SSSR count). The Morgan fingerprint density at radius 2 is 1.88 bits per heavy atom. The van der Waals surface area contributed by atoms with Gasteiger partial charge in [0.25, 0.3) is 0 Å². The van der Waals surface area contributed by atoms with Crippen LogP contribution in [0.15, 0.2) is 48.5 Å². The molecule has 2 amide bonds. The van der Waals surface area contributed by atoms with Crippen LogP contribution in [0.4, 0.5) is 11.4 Å². The molecule has 0 aromatic heterocycles. The van der Waals surface area contributed by atoms with Crippen LogP contribution in [0, 0.1) is 12.8 Å². The molecule has 1 saturated heterocycles. The topological polar surface area (TPSA) is 61.4 Å². The summed E-state index contributed by atoms with van der Waals surface area (Å²) in [6, 6.07) is 14.5. The SMILES string of the molecule is Cc1ccc(NC(=O)CC2CNN(c3ccc(Cl)cc3)C2=O)cc1. The van der Waals surface area contributed by atoms with Crippen molar-refractivity contribution in [3.63, 3.8) is 0 Å². The van der Waals surface area contributed by atoms with Crippen LogP contribution < -0.4 is 15.8 Å². The standard InChI is InChI=1S/C18H18ClN3O2/c1-12-2-6-15(7-3-12)21-17(23)10-13-11-20-22(18(13)24)16-8-4-14(19)5-9-16/h2-9,13,20H,10-11H2,1H3,(H,21,23). The molecule has 2 N–H and O–H groups in total. The van der Waals surface area contributed by atoms with E-state index in [1.807, 2.05) is 31.2 Å². The van der Waals surface area contributed by atoms with E-state index < -0.39 is 0 Å². The molecular formula is C18H18ClN3O2. The van der Waals surface area contributed by atoms with Gasteiger partial charge in [-0.05, 0) is 43.3 Å². The highest BCUT2D eigenvalue weighted by Crippen LogP contribution is 2.23. The smallest absolute Gasteiger partial charge is 0.246 e. The molecule has 1 unspecified atom stereocenters. The summed E-state index contributed by atoms with van der Waals surface area (Å²) in [5, 5.41) is 4.91. The Labute approximate surface area is 145 Å². The number of benzene rings is 2. The van der Waals surface area contributed by atoms with Crippen LogP contribution in [0.5, 0.6) is 0 Å². The number of amides is 2. The van der Waals surface area contributed by atoms with Gasteiger partial charge in [0.15, 0.2) is 0 Å². The summed E-state index contributed by atoms with van der Waals surface area (Å²) >= 11 is 5.86. The van der Waals surface area contributed by atoms with Crippen LogP contribution in [-0.2, 0) is 9.59 Å². The highest BCUT2D eigenvalue weighted by Gasteiger charge is 2.33. The summed E-state index contributed by atoms with van der Waals surface area (Å²) < 4.78 is 0. The number of aryl methyl sites for hydroxylation is 1. The number of nitrogens with zero attached hydrogens (tertiary/aromatic N) is 1. The summed E-state index contributed by atoms with van der Waals surface area (Å²) in [6.07, 6.45) is 0.143. The summed E-state index contributed by atoms with van der Waals surface area (Å²) in [5.74, 6) is -0.667. The zero-order valence-corrected chi connectivity index (χ0v) is 14.0. The van der Waals surface area contributed by atoms with Crippen LogP contribution in [0.3, 0.4) is 0 Å². The van der Waals surface area contributed by atoms with Gasteiger partial charge in [-0.1, -0.05) is 29.3 Å². The van der Waals surface area contributed by atoms with Gasteiger partial charge in [0.1, 0.15) is 0 Å². The van der Waals surface area contributed by atoms with Gasteiger partial charge in [-0.15, -0.1) is 0 Å². The normalized spacial score (nSPS) is 17.2. The largest absolute Gasteiger partial charge is 0.326 e. The van der Waals surface area contributed by atoms with E-state index in [1.165, 1.54) is 5.01 Å². The van der Waals surface area contributed by atoms with Gasteiger partial charge in [-0.3, -0.25) is 9.59 Å². The van der Waals surface area contributed by atoms with Gasteiger partial charge in [0.2, 0.25) is 11.8 Å². The summed E-state index contributed by atoms with van der Waals surface area (Å²) in [4.78, 5) is 24.6. The molecule has 5 nitrogen and oxygen atoms in total. The predicted molar refractivity (Wildman–Crippen MR) is 94.9 cm³/mol. The van der Waals surface area contributed by atoms with Crippen molar-refractivity contribution >= 4 is 34.8 Å². The molecule has 24 heavy (non-hydrogen) atoms. The molecule has 1 aliphatic rings. The van der Waals surface area contributed by atoms with E-state index in [-0.39, 0.29) is 24.2 Å². The fourth-order valence-corrected chi connectivity index (χ4v) is 2.72. The minimum Gasteiger partial charge on any atom is -0.326 e. The minimum absolute atomic E-state index is 0.114. The fourth-order valence-electron chi connectivity index (χ4n) is 2.59. The van der Waals surface area contributed by atoms with Gasteiger partial charge in [0, 0.05) is 23.7 Å². The van der Waals surface area contributed by atoms with E-state index in [1.54, 1.807) is 24.3 Å². The van der Waals surface area contributed by atoms with E-state index in [2.05, 4.69) is 10.7 Å². The van der Waals surface area contributed by atoms with Gasteiger partial charge in [0.05, 0.1) is 11.6 Å². The van der Waals surface area contributed by atoms with Crippen molar-refractivity contribution in [2.75, 3.05) is 16.9 Å². The predicted octanol–water partition coefficient (Wildman–Crippen LogP) is 3.14. The summed E-state index contributed by atoms with van der Waals surface area (Å²) in [6.45, 7) is 2.42. The molecule has 1 heterocycles. The van der Waals surface area contributed by atoms with E-state index in [9.17, 15) is 9.59 Å². The Bertz CT molecular complexity index is 744. The lowest BCUT2D eigenvalue weighted by Crippen LogP contribution is -2.34. The lowest BCUT2D eigenvalue weighted by molar-refractivity contribution is -0.124. The average Bonchev–Trinajstić information content (AvgIpc) is 2.91. The first-order valence-electron chi connectivity index (χ1n) is 7.72. The van der Waals surface area contributed by atoms with E-state index in [0.29, 0.717) is 17.3 Å². The van der Waals surface area contributed by atoms with Crippen LogP contribution in [0.2, 0.25) is 5.02 Å². The Morgan fingerprint density at radius 3 is 2.54 bits per heavy atom. The van der Waals surface area contributed by atoms with Gasteiger partial charge < -0.3 is 5.32 Å². The monoisotopic (exact) mass is 343 g/mol. The van der Waals surface area contributed by atoms with Crippen LogP contribution in [0.1, 0.15) is 12.0 Å². The Balaban J connectivity index is 1.60. The maximum Gasteiger partial charge on any atom is 0.246 e. The first-order chi connectivity index (χ1) is 11.5. The lowest BCUT2D eigenvalue weighted by atomic mass is 10.1. The number of hydrogen-bond acceptors (Lipinski definition) is 3. The minimum atomic E-state index is -0.383. The number of nitrogens with one attached hydrogen (secondary N) is 2. The quantitative estimate of drug-likeness (QED) is 0.896. The van der Waals surface area contributed by atoms with Crippen LogP contribution in [0.25, 0.3) is 0 Å². The van der Waals surface area contributed by atoms with Crippen LogP contribution >= 0.6 is 11.6 Å². The maximum atomic E-state index is 12.5. The molecular weight excluding hydrogens is 326 g/mol. The third-order valence-electron chi connectivity index (χ3n) is 3.92. The molecule has 0 bridgehead atoms. The van der Waals surface area contributed by atoms with Crippen molar-refractivity contribution in [3.05, 3.63) is 59.1 Å².